The molecule has 2 aromatic heterocycles. The van der Waals surface area contributed by atoms with E-state index in [0.717, 1.165) is 35.6 Å². The Balaban J connectivity index is 1.61. The summed E-state index contributed by atoms with van der Waals surface area (Å²) in [5.41, 5.74) is 3.73. The zero-order valence-electron chi connectivity index (χ0n) is 15.4. The quantitative estimate of drug-likeness (QED) is 0.735. The first-order chi connectivity index (χ1) is 12.5. The second kappa shape index (κ2) is 6.16. The van der Waals surface area contributed by atoms with E-state index in [1.54, 1.807) is 12.4 Å². The Hall–Kier alpha value is -2.82. The number of carbonyl (C=O) groups excluding carboxylic acids is 1. The first-order valence-corrected chi connectivity index (χ1v) is 9.07. The van der Waals surface area contributed by atoms with Crippen molar-refractivity contribution in [2.24, 2.45) is 0 Å². The Labute approximate surface area is 153 Å². The van der Waals surface area contributed by atoms with Gasteiger partial charge in [-0.15, -0.1) is 0 Å². The number of aryl methyl sites for hydroxylation is 1. The van der Waals surface area contributed by atoms with Crippen LogP contribution in [0.1, 0.15) is 58.9 Å². The summed E-state index contributed by atoms with van der Waals surface area (Å²) < 4.78 is 2.23. The van der Waals surface area contributed by atoms with E-state index in [-0.39, 0.29) is 17.5 Å². The standard InChI is InChI=1S/C21H24N4O/c1-14-13-18(16(3)25(14)15(2)17-7-5-4-6-8-17)19(26)24-21(9-10-21)20-22-11-12-23-20/h4-8,11-13,15H,9-10H2,1-3H3,(H,22,23)(H,24,26). The van der Waals surface area contributed by atoms with Gasteiger partial charge >= 0.3 is 0 Å². The van der Waals surface area contributed by atoms with Gasteiger partial charge in [0.15, 0.2) is 0 Å². The minimum Gasteiger partial charge on any atom is -0.347 e. The number of carbonyl (C=O) groups is 1. The third-order valence-electron chi connectivity index (χ3n) is 5.45. The van der Waals surface area contributed by atoms with Crippen LogP contribution in [0.5, 0.6) is 0 Å². The van der Waals surface area contributed by atoms with Crippen molar-refractivity contribution in [2.45, 2.75) is 45.2 Å². The van der Waals surface area contributed by atoms with Crippen LogP contribution in [-0.2, 0) is 5.54 Å². The van der Waals surface area contributed by atoms with Gasteiger partial charge in [0, 0.05) is 23.8 Å². The lowest BCUT2D eigenvalue weighted by Gasteiger charge is -2.19. The normalized spacial score (nSPS) is 16.3. The van der Waals surface area contributed by atoms with Crippen molar-refractivity contribution >= 4 is 5.91 Å². The highest BCUT2D eigenvalue weighted by molar-refractivity contribution is 5.96. The number of benzene rings is 1. The van der Waals surface area contributed by atoms with E-state index in [1.807, 2.05) is 31.2 Å². The molecule has 0 aliphatic heterocycles. The van der Waals surface area contributed by atoms with Crippen LogP contribution in [-0.4, -0.2) is 20.4 Å². The van der Waals surface area contributed by atoms with E-state index < -0.39 is 0 Å². The van der Waals surface area contributed by atoms with Crippen LogP contribution >= 0.6 is 0 Å². The van der Waals surface area contributed by atoms with Crippen molar-refractivity contribution in [1.29, 1.82) is 0 Å². The summed E-state index contributed by atoms with van der Waals surface area (Å²) in [4.78, 5) is 20.4. The Morgan fingerprint density at radius 3 is 2.62 bits per heavy atom. The molecule has 5 heteroatoms. The molecule has 4 rings (SSSR count). The highest BCUT2D eigenvalue weighted by Gasteiger charge is 2.48. The fourth-order valence-electron chi connectivity index (χ4n) is 3.84. The SMILES string of the molecule is Cc1cc(C(=O)NC2(c3ncc[nH]3)CC2)c(C)n1C(C)c1ccccc1. The van der Waals surface area contributed by atoms with E-state index in [4.69, 9.17) is 0 Å². The molecule has 3 aromatic rings. The summed E-state index contributed by atoms with van der Waals surface area (Å²) in [6, 6.07) is 12.5. The van der Waals surface area contributed by atoms with Gasteiger partial charge in [-0.05, 0) is 45.2 Å². The number of aromatic nitrogens is 3. The Bertz CT molecular complexity index is 921. The zero-order valence-corrected chi connectivity index (χ0v) is 15.4. The van der Waals surface area contributed by atoms with Crippen molar-refractivity contribution in [3.63, 3.8) is 0 Å². The molecule has 5 nitrogen and oxygen atoms in total. The third-order valence-corrected chi connectivity index (χ3v) is 5.45. The third kappa shape index (κ3) is 2.73. The molecule has 1 unspecified atom stereocenters. The van der Waals surface area contributed by atoms with E-state index in [1.165, 1.54) is 5.56 Å². The van der Waals surface area contributed by atoms with Gasteiger partial charge in [-0.2, -0.15) is 0 Å². The summed E-state index contributed by atoms with van der Waals surface area (Å²) >= 11 is 0. The molecule has 1 amide bonds. The van der Waals surface area contributed by atoms with E-state index in [2.05, 4.69) is 45.8 Å². The van der Waals surface area contributed by atoms with Crippen molar-refractivity contribution in [2.75, 3.05) is 0 Å². The lowest BCUT2D eigenvalue weighted by Crippen LogP contribution is -2.36. The molecule has 0 saturated heterocycles. The van der Waals surface area contributed by atoms with Crippen LogP contribution in [0.4, 0.5) is 0 Å². The Morgan fingerprint density at radius 2 is 2.00 bits per heavy atom. The predicted molar refractivity (Wildman–Crippen MR) is 101 cm³/mol. The molecule has 1 atom stereocenters. The monoisotopic (exact) mass is 348 g/mol. The van der Waals surface area contributed by atoms with Gasteiger partial charge in [-0.3, -0.25) is 4.79 Å². The number of nitrogens with one attached hydrogen (secondary N) is 2. The van der Waals surface area contributed by atoms with Crippen molar-refractivity contribution < 1.29 is 4.79 Å². The van der Waals surface area contributed by atoms with Crippen molar-refractivity contribution in [1.82, 2.24) is 19.9 Å². The number of hydrogen-bond acceptors (Lipinski definition) is 2. The van der Waals surface area contributed by atoms with Crippen molar-refractivity contribution in [3.8, 4) is 0 Å². The summed E-state index contributed by atoms with van der Waals surface area (Å²) in [5, 5.41) is 3.20. The number of rotatable bonds is 5. The van der Waals surface area contributed by atoms with Gasteiger partial charge in [-0.25, -0.2) is 4.98 Å². The van der Waals surface area contributed by atoms with Crippen molar-refractivity contribution in [3.05, 3.63) is 77.1 Å². The highest BCUT2D eigenvalue weighted by Crippen LogP contribution is 2.44. The Morgan fingerprint density at radius 1 is 1.27 bits per heavy atom. The maximum atomic E-state index is 13.0. The highest BCUT2D eigenvalue weighted by atomic mass is 16.1. The zero-order chi connectivity index (χ0) is 18.3. The molecule has 0 spiro atoms. The summed E-state index contributed by atoms with van der Waals surface area (Å²) in [7, 11) is 0. The van der Waals surface area contributed by atoms with Crippen LogP contribution in [0.2, 0.25) is 0 Å². The molecule has 2 N–H and O–H groups in total. The molecule has 1 aliphatic rings. The molecule has 1 aromatic carbocycles. The van der Waals surface area contributed by atoms with Gasteiger partial charge < -0.3 is 14.9 Å². The van der Waals surface area contributed by atoms with E-state index >= 15 is 0 Å². The van der Waals surface area contributed by atoms with Gasteiger partial charge in [0.1, 0.15) is 5.82 Å². The van der Waals surface area contributed by atoms with Crippen LogP contribution in [0.3, 0.4) is 0 Å². The first-order valence-electron chi connectivity index (χ1n) is 9.07. The molecule has 0 bridgehead atoms. The lowest BCUT2D eigenvalue weighted by molar-refractivity contribution is 0.0928. The van der Waals surface area contributed by atoms with E-state index in [0.29, 0.717) is 0 Å². The average molecular weight is 348 g/mol. The predicted octanol–water partition coefficient (Wildman–Crippen LogP) is 3.86. The van der Waals surface area contributed by atoms with Gasteiger partial charge in [0.2, 0.25) is 0 Å². The number of amides is 1. The first kappa shape index (κ1) is 16.6. The average Bonchev–Trinajstić information content (AvgIpc) is 3.07. The van der Waals surface area contributed by atoms with Crippen LogP contribution < -0.4 is 5.32 Å². The van der Waals surface area contributed by atoms with Crippen LogP contribution in [0.15, 0.2) is 48.8 Å². The van der Waals surface area contributed by atoms with Gasteiger partial charge in [0.05, 0.1) is 17.1 Å². The molecule has 1 saturated carbocycles. The van der Waals surface area contributed by atoms with Gasteiger partial charge in [0.25, 0.3) is 5.91 Å². The minimum absolute atomic E-state index is 0.0292. The molecular formula is C21H24N4O. The fourth-order valence-corrected chi connectivity index (χ4v) is 3.84. The molecule has 134 valence electrons. The van der Waals surface area contributed by atoms with Gasteiger partial charge in [-0.1, -0.05) is 30.3 Å². The Kier molecular flexibility index (Phi) is 3.94. The maximum absolute atomic E-state index is 13.0. The molecule has 2 heterocycles. The smallest absolute Gasteiger partial charge is 0.253 e. The molecule has 1 fully saturated rings. The summed E-state index contributed by atoms with van der Waals surface area (Å²) in [6.07, 6.45) is 5.38. The maximum Gasteiger partial charge on any atom is 0.253 e. The molecule has 26 heavy (non-hydrogen) atoms. The number of hydrogen-bond donors (Lipinski definition) is 2. The molecule has 0 radical (unpaired) electrons. The lowest BCUT2D eigenvalue weighted by atomic mass is 10.1. The van der Waals surface area contributed by atoms with Crippen LogP contribution in [0, 0.1) is 13.8 Å². The van der Waals surface area contributed by atoms with E-state index in [9.17, 15) is 4.79 Å². The fraction of sp³-hybridized carbons (Fsp3) is 0.333. The topological polar surface area (TPSA) is 62.7 Å². The number of imidazole rings is 1. The number of nitrogens with zero attached hydrogens (tertiary/aromatic N) is 2. The summed E-state index contributed by atoms with van der Waals surface area (Å²) in [6.45, 7) is 6.25. The molecular weight excluding hydrogens is 324 g/mol. The number of H-pyrrole nitrogens is 1. The van der Waals surface area contributed by atoms with Crippen LogP contribution in [0.25, 0.3) is 0 Å². The second-order valence-electron chi connectivity index (χ2n) is 7.22. The molecule has 1 aliphatic carbocycles. The minimum atomic E-state index is -0.325. The largest absolute Gasteiger partial charge is 0.347 e. The number of aromatic amines is 1. The second-order valence-corrected chi connectivity index (χ2v) is 7.22. The summed E-state index contributed by atoms with van der Waals surface area (Å²) in [5.74, 6) is 0.816.